The first-order chi connectivity index (χ1) is 12.0. The molecule has 0 aliphatic heterocycles. The molecular formula is C16H14BrCl2N5O. The van der Waals surface area contributed by atoms with E-state index in [1.807, 2.05) is 13.0 Å². The molecule has 3 aromatic rings. The molecule has 0 aliphatic rings. The standard InChI is InChI=1S/C16H14BrCl2N5O/c1-2-23-8-11(6-20-23)16(25)21-15-12(17)9-24(22-15)7-10-3-4-13(18)14(19)5-10/h3-6,8-9H,2,7H2,1H3,(H,21,22,25). The van der Waals surface area contributed by atoms with Gasteiger partial charge in [0.05, 0.1) is 32.8 Å². The van der Waals surface area contributed by atoms with Crippen molar-refractivity contribution >= 4 is 50.9 Å². The van der Waals surface area contributed by atoms with Crippen LogP contribution in [-0.2, 0) is 13.1 Å². The van der Waals surface area contributed by atoms with Crippen molar-refractivity contribution in [3.63, 3.8) is 0 Å². The van der Waals surface area contributed by atoms with Crippen molar-refractivity contribution in [1.29, 1.82) is 0 Å². The highest BCUT2D eigenvalue weighted by Crippen LogP contribution is 2.25. The van der Waals surface area contributed by atoms with E-state index >= 15 is 0 Å². The summed E-state index contributed by atoms with van der Waals surface area (Å²) in [5.41, 5.74) is 1.43. The van der Waals surface area contributed by atoms with E-state index in [2.05, 4.69) is 31.4 Å². The lowest BCUT2D eigenvalue weighted by atomic mass is 10.2. The zero-order valence-electron chi connectivity index (χ0n) is 13.2. The largest absolute Gasteiger partial charge is 0.304 e. The molecule has 0 spiro atoms. The number of anilines is 1. The van der Waals surface area contributed by atoms with E-state index in [9.17, 15) is 4.79 Å². The number of rotatable bonds is 5. The van der Waals surface area contributed by atoms with Crippen molar-refractivity contribution in [2.75, 3.05) is 5.32 Å². The van der Waals surface area contributed by atoms with E-state index in [0.29, 0.717) is 39.0 Å². The van der Waals surface area contributed by atoms with Crippen molar-refractivity contribution in [1.82, 2.24) is 19.6 Å². The van der Waals surface area contributed by atoms with Crippen molar-refractivity contribution < 1.29 is 4.79 Å². The van der Waals surface area contributed by atoms with Crippen LogP contribution in [0.15, 0.2) is 41.3 Å². The molecule has 0 saturated heterocycles. The van der Waals surface area contributed by atoms with Crippen LogP contribution in [0.4, 0.5) is 5.82 Å². The number of hydrogen-bond acceptors (Lipinski definition) is 3. The van der Waals surface area contributed by atoms with Gasteiger partial charge in [0, 0.05) is 18.9 Å². The van der Waals surface area contributed by atoms with Gasteiger partial charge in [-0.05, 0) is 40.5 Å². The maximum atomic E-state index is 12.3. The minimum atomic E-state index is -0.264. The predicted molar refractivity (Wildman–Crippen MR) is 101 cm³/mol. The number of amides is 1. The Labute approximate surface area is 162 Å². The van der Waals surface area contributed by atoms with Crippen LogP contribution in [0.3, 0.4) is 0 Å². The van der Waals surface area contributed by atoms with Gasteiger partial charge in [0.1, 0.15) is 0 Å². The third kappa shape index (κ3) is 4.23. The summed E-state index contributed by atoms with van der Waals surface area (Å²) in [7, 11) is 0. The molecule has 0 bridgehead atoms. The van der Waals surface area contributed by atoms with Crippen LogP contribution in [0.25, 0.3) is 0 Å². The van der Waals surface area contributed by atoms with Gasteiger partial charge in [0.2, 0.25) is 0 Å². The average molecular weight is 443 g/mol. The fourth-order valence-corrected chi connectivity index (χ4v) is 2.96. The molecule has 1 amide bonds. The Hall–Kier alpha value is -1.83. The highest BCUT2D eigenvalue weighted by atomic mass is 79.9. The second-order valence-corrected chi connectivity index (χ2v) is 6.98. The molecule has 1 N–H and O–H groups in total. The molecule has 9 heteroatoms. The van der Waals surface area contributed by atoms with Crippen LogP contribution in [0.2, 0.25) is 10.0 Å². The van der Waals surface area contributed by atoms with Gasteiger partial charge in [-0.2, -0.15) is 10.2 Å². The molecular weight excluding hydrogens is 429 g/mol. The SMILES string of the molecule is CCn1cc(C(=O)Nc2nn(Cc3ccc(Cl)c(Cl)c3)cc2Br)cn1. The molecule has 0 radical (unpaired) electrons. The second-order valence-electron chi connectivity index (χ2n) is 5.31. The topological polar surface area (TPSA) is 64.7 Å². The number of benzene rings is 1. The second kappa shape index (κ2) is 7.59. The van der Waals surface area contributed by atoms with Crippen LogP contribution in [0.5, 0.6) is 0 Å². The van der Waals surface area contributed by atoms with Crippen LogP contribution in [0, 0.1) is 0 Å². The Bertz CT molecular complexity index is 921. The molecule has 0 unspecified atom stereocenters. The number of aryl methyl sites for hydroxylation is 1. The number of hydrogen-bond donors (Lipinski definition) is 1. The van der Waals surface area contributed by atoms with Crippen molar-refractivity contribution in [2.45, 2.75) is 20.0 Å². The molecule has 130 valence electrons. The van der Waals surface area contributed by atoms with Gasteiger partial charge >= 0.3 is 0 Å². The van der Waals surface area contributed by atoms with Gasteiger partial charge in [-0.3, -0.25) is 14.2 Å². The summed E-state index contributed by atoms with van der Waals surface area (Å²) in [6, 6.07) is 5.41. The smallest absolute Gasteiger partial charge is 0.260 e. The Morgan fingerprint density at radius 2 is 2.04 bits per heavy atom. The number of halogens is 3. The van der Waals surface area contributed by atoms with Crippen LogP contribution >= 0.6 is 39.1 Å². The number of nitrogens with zero attached hydrogens (tertiary/aromatic N) is 4. The van der Waals surface area contributed by atoms with Gasteiger partial charge in [0.15, 0.2) is 5.82 Å². The fourth-order valence-electron chi connectivity index (χ4n) is 2.22. The summed E-state index contributed by atoms with van der Waals surface area (Å²) in [5, 5.41) is 12.2. The number of carbonyl (C=O) groups is 1. The summed E-state index contributed by atoms with van der Waals surface area (Å²) in [6.07, 6.45) is 5.00. The molecule has 6 nitrogen and oxygen atoms in total. The third-order valence-corrected chi connectivity index (χ3v) is 4.82. The first-order valence-corrected chi connectivity index (χ1v) is 9.02. The van der Waals surface area contributed by atoms with Gasteiger partial charge in [-0.25, -0.2) is 0 Å². The van der Waals surface area contributed by atoms with Gasteiger partial charge in [-0.1, -0.05) is 29.3 Å². The number of aromatic nitrogens is 4. The molecule has 3 rings (SSSR count). The molecule has 1 aromatic carbocycles. The van der Waals surface area contributed by atoms with E-state index in [4.69, 9.17) is 23.2 Å². The van der Waals surface area contributed by atoms with Gasteiger partial charge in [-0.15, -0.1) is 0 Å². The summed E-state index contributed by atoms with van der Waals surface area (Å²) in [6.45, 7) is 3.16. The molecule has 2 aromatic heterocycles. The average Bonchev–Trinajstić information content (AvgIpc) is 3.18. The molecule has 0 atom stereocenters. The van der Waals surface area contributed by atoms with E-state index in [-0.39, 0.29) is 5.91 Å². The molecule has 25 heavy (non-hydrogen) atoms. The molecule has 2 heterocycles. The van der Waals surface area contributed by atoms with E-state index in [1.165, 1.54) is 6.20 Å². The Kier molecular flexibility index (Phi) is 5.46. The van der Waals surface area contributed by atoms with E-state index < -0.39 is 0 Å². The number of carbonyl (C=O) groups excluding carboxylic acids is 1. The third-order valence-electron chi connectivity index (χ3n) is 3.50. The minimum absolute atomic E-state index is 0.264. The summed E-state index contributed by atoms with van der Waals surface area (Å²) >= 11 is 15.4. The zero-order chi connectivity index (χ0) is 18.0. The maximum absolute atomic E-state index is 12.3. The molecule has 0 saturated carbocycles. The fraction of sp³-hybridized carbons (Fsp3) is 0.188. The van der Waals surface area contributed by atoms with Crippen molar-refractivity contribution in [2.24, 2.45) is 0 Å². The monoisotopic (exact) mass is 441 g/mol. The van der Waals surface area contributed by atoms with Gasteiger partial charge < -0.3 is 5.32 Å². The van der Waals surface area contributed by atoms with Gasteiger partial charge in [0.25, 0.3) is 5.91 Å². The lowest BCUT2D eigenvalue weighted by Gasteiger charge is -2.04. The summed E-state index contributed by atoms with van der Waals surface area (Å²) in [5.74, 6) is 0.175. The Balaban J connectivity index is 1.73. The first-order valence-electron chi connectivity index (χ1n) is 7.47. The number of nitrogens with one attached hydrogen (secondary N) is 1. The van der Waals surface area contributed by atoms with Crippen LogP contribution < -0.4 is 5.32 Å². The predicted octanol–water partition coefficient (Wildman–Crippen LogP) is 4.47. The lowest BCUT2D eigenvalue weighted by molar-refractivity contribution is 0.102. The highest BCUT2D eigenvalue weighted by molar-refractivity contribution is 9.10. The maximum Gasteiger partial charge on any atom is 0.260 e. The Morgan fingerprint density at radius 3 is 2.72 bits per heavy atom. The quantitative estimate of drug-likeness (QED) is 0.633. The molecule has 0 aliphatic carbocycles. The van der Waals surface area contributed by atoms with Crippen molar-refractivity contribution in [3.8, 4) is 0 Å². The lowest BCUT2D eigenvalue weighted by Crippen LogP contribution is -2.12. The van der Waals surface area contributed by atoms with Crippen LogP contribution in [-0.4, -0.2) is 25.5 Å². The first kappa shape index (κ1) is 18.0. The van der Waals surface area contributed by atoms with E-state index in [0.717, 1.165) is 5.56 Å². The highest BCUT2D eigenvalue weighted by Gasteiger charge is 2.14. The van der Waals surface area contributed by atoms with E-state index in [1.54, 1.807) is 33.9 Å². The summed E-state index contributed by atoms with van der Waals surface area (Å²) in [4.78, 5) is 12.3. The zero-order valence-corrected chi connectivity index (χ0v) is 16.3. The normalized spacial score (nSPS) is 10.9. The van der Waals surface area contributed by atoms with Crippen LogP contribution in [0.1, 0.15) is 22.8 Å². The Morgan fingerprint density at radius 1 is 1.24 bits per heavy atom. The minimum Gasteiger partial charge on any atom is -0.304 e. The summed E-state index contributed by atoms with van der Waals surface area (Å²) < 4.78 is 4.07. The molecule has 0 fully saturated rings. The van der Waals surface area contributed by atoms with Crippen molar-refractivity contribution in [3.05, 3.63) is 62.4 Å².